The fourth-order valence-electron chi connectivity index (χ4n) is 1.74. The maximum Gasteiger partial charge on any atom is 0.122 e. The monoisotopic (exact) mass is 208 g/mol. The van der Waals surface area contributed by atoms with Gasteiger partial charge in [-0.2, -0.15) is 0 Å². The first kappa shape index (κ1) is 11.9. The SMILES string of the molecule is CNCN(C)c1ccc(OC)c(C)c1C. The first-order chi connectivity index (χ1) is 7.11. The first-order valence-corrected chi connectivity index (χ1v) is 5.11. The third kappa shape index (κ3) is 2.42. The maximum atomic E-state index is 5.29. The van der Waals surface area contributed by atoms with Gasteiger partial charge in [0.2, 0.25) is 0 Å². The van der Waals surface area contributed by atoms with Gasteiger partial charge in [0.25, 0.3) is 0 Å². The van der Waals surface area contributed by atoms with Crippen LogP contribution in [0.25, 0.3) is 0 Å². The van der Waals surface area contributed by atoms with E-state index in [4.69, 9.17) is 4.74 Å². The summed E-state index contributed by atoms with van der Waals surface area (Å²) in [6.45, 7) is 5.05. The molecule has 1 rings (SSSR count). The van der Waals surface area contributed by atoms with E-state index >= 15 is 0 Å². The molecule has 0 saturated carbocycles. The van der Waals surface area contributed by atoms with Crippen LogP contribution in [0.15, 0.2) is 12.1 Å². The Morgan fingerprint density at radius 1 is 1.27 bits per heavy atom. The first-order valence-electron chi connectivity index (χ1n) is 5.11. The average Bonchev–Trinajstić information content (AvgIpc) is 2.22. The maximum absolute atomic E-state index is 5.29. The molecular weight excluding hydrogens is 188 g/mol. The van der Waals surface area contributed by atoms with Crippen LogP contribution in [-0.2, 0) is 0 Å². The molecule has 3 nitrogen and oxygen atoms in total. The molecule has 0 atom stereocenters. The van der Waals surface area contributed by atoms with Crippen molar-refractivity contribution >= 4 is 5.69 Å². The number of nitrogens with one attached hydrogen (secondary N) is 1. The molecule has 0 unspecified atom stereocenters. The zero-order valence-electron chi connectivity index (χ0n) is 10.2. The summed E-state index contributed by atoms with van der Waals surface area (Å²) in [5, 5.41) is 3.14. The molecule has 0 radical (unpaired) electrons. The Kier molecular flexibility index (Phi) is 3.97. The van der Waals surface area contributed by atoms with E-state index in [-0.39, 0.29) is 0 Å². The highest BCUT2D eigenvalue weighted by atomic mass is 16.5. The van der Waals surface area contributed by atoms with Crippen LogP contribution in [0.4, 0.5) is 5.69 Å². The Morgan fingerprint density at radius 3 is 2.47 bits per heavy atom. The van der Waals surface area contributed by atoms with Crippen LogP contribution in [-0.4, -0.2) is 27.9 Å². The molecule has 1 aromatic carbocycles. The summed E-state index contributed by atoms with van der Waals surface area (Å²) in [7, 11) is 5.73. The predicted octanol–water partition coefficient (Wildman–Crippen LogP) is 1.93. The number of ether oxygens (including phenoxy) is 1. The summed E-state index contributed by atoms with van der Waals surface area (Å²) in [4.78, 5) is 2.18. The van der Waals surface area contributed by atoms with Crippen LogP contribution >= 0.6 is 0 Å². The molecule has 0 aliphatic rings. The van der Waals surface area contributed by atoms with Crippen molar-refractivity contribution < 1.29 is 4.74 Å². The van der Waals surface area contributed by atoms with Crippen LogP contribution in [0.3, 0.4) is 0 Å². The van der Waals surface area contributed by atoms with Gasteiger partial charge in [0.05, 0.1) is 13.8 Å². The van der Waals surface area contributed by atoms with Crippen LogP contribution in [0.1, 0.15) is 11.1 Å². The highest BCUT2D eigenvalue weighted by Crippen LogP contribution is 2.28. The molecule has 0 amide bonds. The molecule has 0 spiro atoms. The van der Waals surface area contributed by atoms with Gasteiger partial charge >= 0.3 is 0 Å². The normalized spacial score (nSPS) is 10.2. The Labute approximate surface area is 92.0 Å². The summed E-state index contributed by atoms with van der Waals surface area (Å²) >= 11 is 0. The molecule has 3 heteroatoms. The lowest BCUT2D eigenvalue weighted by atomic mass is 10.1. The Morgan fingerprint density at radius 2 is 1.93 bits per heavy atom. The smallest absolute Gasteiger partial charge is 0.122 e. The zero-order chi connectivity index (χ0) is 11.4. The van der Waals surface area contributed by atoms with E-state index in [1.807, 2.05) is 13.1 Å². The Hall–Kier alpha value is -1.22. The second-order valence-electron chi connectivity index (χ2n) is 3.75. The summed E-state index contributed by atoms with van der Waals surface area (Å²) in [6, 6.07) is 4.11. The number of hydrogen-bond acceptors (Lipinski definition) is 3. The van der Waals surface area contributed by atoms with E-state index in [0.717, 1.165) is 12.4 Å². The number of rotatable bonds is 4. The van der Waals surface area contributed by atoms with Gasteiger partial charge in [-0.25, -0.2) is 0 Å². The fourth-order valence-corrected chi connectivity index (χ4v) is 1.74. The third-order valence-corrected chi connectivity index (χ3v) is 2.74. The van der Waals surface area contributed by atoms with Crippen molar-refractivity contribution in [2.75, 3.05) is 32.8 Å². The van der Waals surface area contributed by atoms with E-state index in [1.165, 1.54) is 16.8 Å². The van der Waals surface area contributed by atoms with Gasteiger partial charge in [-0.15, -0.1) is 0 Å². The molecule has 15 heavy (non-hydrogen) atoms. The minimum Gasteiger partial charge on any atom is -0.496 e. The van der Waals surface area contributed by atoms with Crippen molar-refractivity contribution in [2.24, 2.45) is 0 Å². The fraction of sp³-hybridized carbons (Fsp3) is 0.500. The average molecular weight is 208 g/mol. The van der Waals surface area contributed by atoms with Gasteiger partial charge in [-0.05, 0) is 44.2 Å². The summed E-state index contributed by atoms with van der Waals surface area (Å²) in [5.41, 5.74) is 3.72. The van der Waals surface area contributed by atoms with Gasteiger partial charge in [0, 0.05) is 12.7 Å². The van der Waals surface area contributed by atoms with E-state index in [2.05, 4.69) is 37.2 Å². The van der Waals surface area contributed by atoms with Crippen LogP contribution in [0, 0.1) is 13.8 Å². The van der Waals surface area contributed by atoms with Crippen molar-refractivity contribution in [3.63, 3.8) is 0 Å². The number of nitrogens with zero attached hydrogens (tertiary/aromatic N) is 1. The summed E-state index contributed by atoms with van der Waals surface area (Å²) in [5.74, 6) is 0.953. The molecule has 0 fully saturated rings. The number of hydrogen-bond donors (Lipinski definition) is 1. The van der Waals surface area contributed by atoms with Gasteiger partial charge in [-0.1, -0.05) is 0 Å². The lowest BCUT2D eigenvalue weighted by molar-refractivity contribution is 0.411. The topological polar surface area (TPSA) is 24.5 Å². The molecular formula is C12H20N2O. The van der Waals surface area contributed by atoms with E-state index in [9.17, 15) is 0 Å². The van der Waals surface area contributed by atoms with E-state index in [0.29, 0.717) is 0 Å². The standard InChI is InChI=1S/C12H20N2O/c1-9-10(2)12(15-5)7-6-11(9)14(4)8-13-3/h6-7,13H,8H2,1-5H3. The summed E-state index contributed by atoms with van der Waals surface area (Å²) < 4.78 is 5.29. The quantitative estimate of drug-likeness (QED) is 0.765. The minimum absolute atomic E-state index is 0.840. The lowest BCUT2D eigenvalue weighted by Crippen LogP contribution is -2.28. The van der Waals surface area contributed by atoms with Gasteiger partial charge in [0.1, 0.15) is 5.75 Å². The molecule has 0 aliphatic carbocycles. The number of anilines is 1. The molecule has 1 N–H and O–H groups in total. The molecule has 84 valence electrons. The highest BCUT2D eigenvalue weighted by Gasteiger charge is 2.09. The van der Waals surface area contributed by atoms with Gasteiger partial charge in [-0.3, -0.25) is 0 Å². The molecule has 0 saturated heterocycles. The minimum atomic E-state index is 0.840. The number of benzene rings is 1. The number of methoxy groups -OCH3 is 1. The van der Waals surface area contributed by atoms with E-state index < -0.39 is 0 Å². The second kappa shape index (κ2) is 5.03. The van der Waals surface area contributed by atoms with Crippen LogP contribution in [0.5, 0.6) is 5.75 Å². The molecule has 0 heterocycles. The van der Waals surface area contributed by atoms with Crippen molar-refractivity contribution in [2.45, 2.75) is 13.8 Å². The van der Waals surface area contributed by atoms with Crippen LogP contribution in [0.2, 0.25) is 0 Å². The summed E-state index contributed by atoms with van der Waals surface area (Å²) in [6.07, 6.45) is 0. The Bertz CT molecular complexity index is 337. The van der Waals surface area contributed by atoms with Crippen molar-refractivity contribution in [1.82, 2.24) is 5.32 Å². The largest absolute Gasteiger partial charge is 0.496 e. The highest BCUT2D eigenvalue weighted by molar-refractivity contribution is 5.59. The molecule has 0 bridgehead atoms. The predicted molar refractivity (Wildman–Crippen MR) is 64.8 cm³/mol. The van der Waals surface area contributed by atoms with Crippen LogP contribution < -0.4 is 15.0 Å². The third-order valence-electron chi connectivity index (χ3n) is 2.74. The molecule has 0 aliphatic heterocycles. The van der Waals surface area contributed by atoms with Crippen molar-refractivity contribution in [3.8, 4) is 5.75 Å². The zero-order valence-corrected chi connectivity index (χ0v) is 10.2. The van der Waals surface area contributed by atoms with Crippen molar-refractivity contribution in [3.05, 3.63) is 23.3 Å². The lowest BCUT2D eigenvalue weighted by Gasteiger charge is -2.22. The Balaban J connectivity index is 3.06. The van der Waals surface area contributed by atoms with Crippen molar-refractivity contribution in [1.29, 1.82) is 0 Å². The molecule has 0 aromatic heterocycles. The van der Waals surface area contributed by atoms with Gasteiger partial charge in [0.15, 0.2) is 0 Å². The van der Waals surface area contributed by atoms with Gasteiger partial charge < -0.3 is 15.0 Å². The van der Waals surface area contributed by atoms with E-state index in [1.54, 1.807) is 7.11 Å². The molecule has 1 aromatic rings. The second-order valence-corrected chi connectivity index (χ2v) is 3.75.